The van der Waals surface area contributed by atoms with Crippen molar-refractivity contribution in [1.82, 2.24) is 15.0 Å². The van der Waals surface area contributed by atoms with Gasteiger partial charge in [0.05, 0.1) is 11.6 Å². The standard InChI is InChI=1S/C15H16F3N5O2/c1-9(21-13-19-8-20-14(23-13)22-10(2)24)7-25-12-6-4-3-5-11(12)15(16,17)18/h3-6,8-9H,7H2,1-2H3,(H2,19,20,21,22,23,24). The Morgan fingerprint density at radius 1 is 1.24 bits per heavy atom. The number of alkyl halides is 3. The Morgan fingerprint density at radius 2 is 1.92 bits per heavy atom. The summed E-state index contributed by atoms with van der Waals surface area (Å²) in [5.41, 5.74) is -0.838. The SMILES string of the molecule is CC(=O)Nc1ncnc(NC(C)COc2ccccc2C(F)(F)F)n1. The molecule has 134 valence electrons. The van der Waals surface area contributed by atoms with Crippen LogP contribution >= 0.6 is 0 Å². The van der Waals surface area contributed by atoms with E-state index in [9.17, 15) is 18.0 Å². The fourth-order valence-electron chi connectivity index (χ4n) is 1.89. The maximum atomic E-state index is 12.9. The van der Waals surface area contributed by atoms with Crippen LogP contribution in [0, 0.1) is 0 Å². The average Bonchev–Trinajstić information content (AvgIpc) is 2.52. The molecule has 0 saturated heterocycles. The quantitative estimate of drug-likeness (QED) is 0.828. The normalized spacial score (nSPS) is 12.4. The third kappa shape index (κ3) is 5.59. The minimum absolute atomic E-state index is 0.0474. The number of amides is 1. The van der Waals surface area contributed by atoms with Gasteiger partial charge < -0.3 is 10.1 Å². The summed E-state index contributed by atoms with van der Waals surface area (Å²) < 4.78 is 44.0. The van der Waals surface area contributed by atoms with Crippen LogP contribution < -0.4 is 15.4 Å². The van der Waals surface area contributed by atoms with Crippen LogP contribution in [-0.2, 0) is 11.0 Å². The maximum absolute atomic E-state index is 12.9. The first-order valence-corrected chi connectivity index (χ1v) is 7.28. The van der Waals surface area contributed by atoms with Crippen molar-refractivity contribution >= 4 is 17.8 Å². The molecule has 0 radical (unpaired) electrons. The number of anilines is 2. The highest BCUT2D eigenvalue weighted by Gasteiger charge is 2.34. The van der Waals surface area contributed by atoms with Crippen molar-refractivity contribution in [3.63, 3.8) is 0 Å². The Hall–Kier alpha value is -2.91. The molecular formula is C15H16F3N5O2. The zero-order valence-electron chi connectivity index (χ0n) is 13.5. The van der Waals surface area contributed by atoms with Crippen LogP contribution in [0.4, 0.5) is 25.1 Å². The zero-order valence-corrected chi connectivity index (χ0v) is 13.5. The van der Waals surface area contributed by atoms with Gasteiger partial charge in [0.1, 0.15) is 18.7 Å². The molecule has 0 fully saturated rings. The van der Waals surface area contributed by atoms with Gasteiger partial charge in [-0.25, -0.2) is 9.97 Å². The molecule has 0 saturated carbocycles. The van der Waals surface area contributed by atoms with Crippen LogP contribution in [0.15, 0.2) is 30.6 Å². The minimum atomic E-state index is -4.49. The molecule has 0 aliphatic rings. The number of carbonyl (C=O) groups excluding carboxylic acids is 1. The third-order valence-corrected chi connectivity index (χ3v) is 2.92. The van der Waals surface area contributed by atoms with Crippen LogP contribution in [0.25, 0.3) is 0 Å². The second-order valence-electron chi connectivity index (χ2n) is 5.16. The van der Waals surface area contributed by atoms with Crippen LogP contribution in [-0.4, -0.2) is 33.5 Å². The number of ether oxygens (including phenoxy) is 1. The van der Waals surface area contributed by atoms with Gasteiger partial charge in [-0.15, -0.1) is 0 Å². The number of hydrogen-bond acceptors (Lipinski definition) is 6. The van der Waals surface area contributed by atoms with Crippen molar-refractivity contribution in [2.45, 2.75) is 26.1 Å². The van der Waals surface area contributed by atoms with E-state index in [2.05, 4.69) is 25.6 Å². The lowest BCUT2D eigenvalue weighted by molar-refractivity contribution is -0.139. The molecule has 0 aliphatic carbocycles. The highest BCUT2D eigenvalue weighted by atomic mass is 19.4. The predicted octanol–water partition coefficient (Wildman–Crippen LogP) is 2.73. The molecule has 1 heterocycles. The average molecular weight is 355 g/mol. The van der Waals surface area contributed by atoms with Gasteiger partial charge in [0.15, 0.2) is 0 Å². The van der Waals surface area contributed by atoms with Gasteiger partial charge in [-0.05, 0) is 19.1 Å². The van der Waals surface area contributed by atoms with E-state index in [1.54, 1.807) is 6.92 Å². The molecular weight excluding hydrogens is 339 g/mol. The van der Waals surface area contributed by atoms with E-state index in [1.807, 2.05) is 0 Å². The zero-order chi connectivity index (χ0) is 18.4. The maximum Gasteiger partial charge on any atom is 0.419 e. The Balaban J connectivity index is 1.98. The monoisotopic (exact) mass is 355 g/mol. The first-order valence-electron chi connectivity index (χ1n) is 7.28. The van der Waals surface area contributed by atoms with E-state index in [4.69, 9.17) is 4.74 Å². The lowest BCUT2D eigenvalue weighted by Gasteiger charge is -2.17. The Morgan fingerprint density at radius 3 is 2.60 bits per heavy atom. The molecule has 0 aliphatic heterocycles. The summed E-state index contributed by atoms with van der Waals surface area (Å²) in [6.07, 6.45) is -3.29. The predicted molar refractivity (Wildman–Crippen MR) is 84.2 cm³/mol. The largest absolute Gasteiger partial charge is 0.491 e. The van der Waals surface area contributed by atoms with Crippen molar-refractivity contribution in [2.24, 2.45) is 0 Å². The molecule has 25 heavy (non-hydrogen) atoms. The van der Waals surface area contributed by atoms with Crippen molar-refractivity contribution in [2.75, 3.05) is 17.2 Å². The topological polar surface area (TPSA) is 89.0 Å². The summed E-state index contributed by atoms with van der Waals surface area (Å²) in [6.45, 7) is 2.96. The Kier molecular flexibility index (Phi) is 5.73. The summed E-state index contributed by atoms with van der Waals surface area (Å²) in [7, 11) is 0. The number of aromatic nitrogens is 3. The summed E-state index contributed by atoms with van der Waals surface area (Å²) in [6, 6.07) is 4.58. The van der Waals surface area contributed by atoms with Gasteiger partial charge in [0.2, 0.25) is 17.8 Å². The molecule has 0 bridgehead atoms. The van der Waals surface area contributed by atoms with Gasteiger partial charge in [-0.1, -0.05) is 12.1 Å². The molecule has 10 heteroatoms. The van der Waals surface area contributed by atoms with Crippen LogP contribution in [0.2, 0.25) is 0 Å². The molecule has 1 aromatic heterocycles. The first kappa shape index (κ1) is 18.4. The number of nitrogens with one attached hydrogen (secondary N) is 2. The van der Waals surface area contributed by atoms with E-state index in [0.29, 0.717) is 0 Å². The number of halogens is 3. The smallest absolute Gasteiger partial charge is 0.419 e. The number of hydrogen-bond donors (Lipinski definition) is 2. The lowest BCUT2D eigenvalue weighted by Crippen LogP contribution is -2.25. The van der Waals surface area contributed by atoms with E-state index in [-0.39, 0.29) is 30.2 Å². The highest BCUT2D eigenvalue weighted by Crippen LogP contribution is 2.35. The number of para-hydroxylation sites is 1. The fraction of sp³-hybridized carbons (Fsp3) is 0.333. The second kappa shape index (κ2) is 7.77. The van der Waals surface area contributed by atoms with E-state index in [0.717, 1.165) is 6.07 Å². The number of rotatable bonds is 6. The summed E-state index contributed by atoms with van der Waals surface area (Å²) >= 11 is 0. The van der Waals surface area contributed by atoms with Crippen LogP contribution in [0.3, 0.4) is 0 Å². The fourth-order valence-corrected chi connectivity index (χ4v) is 1.89. The summed E-state index contributed by atoms with van der Waals surface area (Å²) in [5, 5.41) is 5.27. The summed E-state index contributed by atoms with van der Waals surface area (Å²) in [4.78, 5) is 22.6. The number of benzene rings is 1. The Labute approximate surface area is 141 Å². The highest BCUT2D eigenvalue weighted by molar-refractivity contribution is 5.86. The molecule has 2 rings (SSSR count). The second-order valence-corrected chi connectivity index (χ2v) is 5.16. The molecule has 0 spiro atoms. The molecule has 1 amide bonds. The first-order chi connectivity index (χ1) is 11.8. The van der Waals surface area contributed by atoms with Crippen molar-refractivity contribution < 1.29 is 22.7 Å². The van der Waals surface area contributed by atoms with Crippen molar-refractivity contribution in [1.29, 1.82) is 0 Å². The Bertz CT molecular complexity index is 739. The van der Waals surface area contributed by atoms with E-state index < -0.39 is 17.8 Å². The lowest BCUT2D eigenvalue weighted by atomic mass is 10.2. The molecule has 2 aromatic rings. The molecule has 2 N–H and O–H groups in total. The van der Waals surface area contributed by atoms with Crippen molar-refractivity contribution in [3.8, 4) is 5.75 Å². The molecule has 7 nitrogen and oxygen atoms in total. The third-order valence-electron chi connectivity index (χ3n) is 2.92. The number of nitrogens with zero attached hydrogens (tertiary/aromatic N) is 3. The van der Waals surface area contributed by atoms with Gasteiger partial charge in [0, 0.05) is 6.92 Å². The van der Waals surface area contributed by atoms with Crippen molar-refractivity contribution in [3.05, 3.63) is 36.2 Å². The molecule has 1 atom stereocenters. The van der Waals surface area contributed by atoms with Gasteiger partial charge in [0.25, 0.3) is 0 Å². The van der Waals surface area contributed by atoms with Gasteiger partial charge in [-0.3, -0.25) is 10.1 Å². The number of carbonyl (C=O) groups is 1. The summed E-state index contributed by atoms with van der Waals surface area (Å²) in [5.74, 6) is -0.352. The van der Waals surface area contributed by atoms with Gasteiger partial charge >= 0.3 is 6.18 Å². The van der Waals surface area contributed by atoms with Crippen LogP contribution in [0.5, 0.6) is 5.75 Å². The molecule has 1 unspecified atom stereocenters. The molecule has 1 aromatic carbocycles. The minimum Gasteiger partial charge on any atom is -0.491 e. The van der Waals surface area contributed by atoms with E-state index >= 15 is 0 Å². The van der Waals surface area contributed by atoms with Crippen LogP contribution in [0.1, 0.15) is 19.4 Å². The van der Waals surface area contributed by atoms with Gasteiger partial charge in [-0.2, -0.15) is 18.2 Å². The van der Waals surface area contributed by atoms with E-state index in [1.165, 1.54) is 31.5 Å².